The standard InChI is InChI=1S/C19H21N5O3/c1-11-21-16-13(3-6-20-17(16)23(11)2)19(25)24-7-4-15-14(9-24)22-18(27-15)12-5-8-26-10-12/h3,6,12H,4-5,7-10H2,1-2H3. The van der Waals surface area contributed by atoms with Crippen LogP contribution in [0, 0.1) is 6.92 Å². The Morgan fingerprint density at radius 3 is 3.04 bits per heavy atom. The van der Waals surface area contributed by atoms with E-state index in [0.29, 0.717) is 37.2 Å². The van der Waals surface area contributed by atoms with Crippen LogP contribution in [0.2, 0.25) is 0 Å². The summed E-state index contributed by atoms with van der Waals surface area (Å²) in [6.07, 6.45) is 3.29. The van der Waals surface area contributed by atoms with E-state index in [-0.39, 0.29) is 11.8 Å². The van der Waals surface area contributed by atoms with Crippen LogP contribution in [0.15, 0.2) is 16.7 Å². The lowest BCUT2D eigenvalue weighted by Gasteiger charge is -2.25. The van der Waals surface area contributed by atoms with Crippen LogP contribution in [-0.2, 0) is 24.8 Å². The van der Waals surface area contributed by atoms with Crippen molar-refractivity contribution in [2.45, 2.75) is 32.2 Å². The number of imidazole rings is 1. The molecule has 1 amide bonds. The lowest BCUT2D eigenvalue weighted by atomic mass is 10.1. The van der Waals surface area contributed by atoms with E-state index in [2.05, 4.69) is 15.0 Å². The van der Waals surface area contributed by atoms with Crippen molar-refractivity contribution in [2.24, 2.45) is 7.05 Å². The van der Waals surface area contributed by atoms with E-state index in [9.17, 15) is 4.79 Å². The molecule has 1 atom stereocenters. The summed E-state index contributed by atoms with van der Waals surface area (Å²) < 4.78 is 13.3. The van der Waals surface area contributed by atoms with E-state index in [1.54, 1.807) is 12.3 Å². The summed E-state index contributed by atoms with van der Waals surface area (Å²) in [4.78, 5) is 28.6. The molecular weight excluding hydrogens is 346 g/mol. The number of oxazole rings is 1. The minimum Gasteiger partial charge on any atom is -0.445 e. The lowest BCUT2D eigenvalue weighted by molar-refractivity contribution is 0.0729. The minimum atomic E-state index is -0.0418. The molecule has 0 N–H and O–H groups in total. The monoisotopic (exact) mass is 367 g/mol. The van der Waals surface area contributed by atoms with Gasteiger partial charge in [-0.15, -0.1) is 0 Å². The Morgan fingerprint density at radius 1 is 1.33 bits per heavy atom. The number of carbonyl (C=O) groups is 1. The molecule has 0 saturated carbocycles. The first-order valence-electron chi connectivity index (χ1n) is 9.25. The number of hydrogen-bond acceptors (Lipinski definition) is 6. The number of pyridine rings is 1. The quantitative estimate of drug-likeness (QED) is 0.688. The summed E-state index contributed by atoms with van der Waals surface area (Å²) in [7, 11) is 1.91. The average Bonchev–Trinajstić information content (AvgIpc) is 3.40. The van der Waals surface area contributed by atoms with Crippen molar-refractivity contribution in [1.82, 2.24) is 24.4 Å². The molecule has 0 aliphatic carbocycles. The highest BCUT2D eigenvalue weighted by Crippen LogP contribution is 2.29. The molecule has 1 fully saturated rings. The molecule has 0 aromatic carbocycles. The zero-order valence-corrected chi connectivity index (χ0v) is 15.4. The SMILES string of the molecule is Cc1nc2c(C(=O)N3CCc4oc(C5CCOC5)nc4C3)ccnc2n1C. The van der Waals surface area contributed by atoms with Gasteiger partial charge in [0.2, 0.25) is 0 Å². The van der Waals surface area contributed by atoms with Crippen molar-refractivity contribution < 1.29 is 13.9 Å². The maximum Gasteiger partial charge on any atom is 0.256 e. The van der Waals surface area contributed by atoms with E-state index >= 15 is 0 Å². The molecule has 3 aromatic rings. The molecule has 1 saturated heterocycles. The summed E-state index contributed by atoms with van der Waals surface area (Å²) in [6, 6.07) is 1.75. The largest absolute Gasteiger partial charge is 0.445 e. The zero-order valence-electron chi connectivity index (χ0n) is 15.4. The van der Waals surface area contributed by atoms with E-state index in [1.165, 1.54) is 0 Å². The fourth-order valence-electron chi connectivity index (χ4n) is 3.83. The molecule has 0 spiro atoms. The Hall–Kier alpha value is -2.74. The lowest BCUT2D eigenvalue weighted by Crippen LogP contribution is -2.36. The normalized spacial score (nSPS) is 19.6. The molecular formula is C19H21N5O3. The summed E-state index contributed by atoms with van der Waals surface area (Å²) >= 11 is 0. The third-order valence-electron chi connectivity index (χ3n) is 5.52. The summed E-state index contributed by atoms with van der Waals surface area (Å²) in [5.41, 5.74) is 2.82. The van der Waals surface area contributed by atoms with Crippen LogP contribution in [0.1, 0.15) is 45.9 Å². The van der Waals surface area contributed by atoms with Crippen LogP contribution in [-0.4, -0.2) is 50.1 Å². The summed E-state index contributed by atoms with van der Waals surface area (Å²) in [6.45, 7) is 4.39. The number of nitrogens with zero attached hydrogens (tertiary/aromatic N) is 5. The molecule has 0 bridgehead atoms. The molecule has 0 radical (unpaired) electrons. The number of rotatable bonds is 2. The van der Waals surface area contributed by atoms with Crippen molar-refractivity contribution in [3.05, 3.63) is 41.0 Å². The molecule has 2 aliphatic heterocycles. The predicted molar refractivity (Wildman–Crippen MR) is 96.4 cm³/mol. The van der Waals surface area contributed by atoms with Gasteiger partial charge < -0.3 is 18.6 Å². The summed E-state index contributed by atoms with van der Waals surface area (Å²) in [5.74, 6) is 2.67. The maximum atomic E-state index is 13.2. The fraction of sp³-hybridized carbons (Fsp3) is 0.474. The highest BCUT2D eigenvalue weighted by atomic mass is 16.5. The smallest absolute Gasteiger partial charge is 0.256 e. The maximum absolute atomic E-state index is 13.2. The van der Waals surface area contributed by atoms with E-state index in [4.69, 9.17) is 9.15 Å². The first-order valence-corrected chi connectivity index (χ1v) is 9.25. The molecule has 8 nitrogen and oxygen atoms in total. The number of amides is 1. The number of ether oxygens (including phenoxy) is 1. The van der Waals surface area contributed by atoms with Gasteiger partial charge in [0.1, 0.15) is 22.8 Å². The zero-order chi connectivity index (χ0) is 18.5. The average molecular weight is 367 g/mol. The third-order valence-corrected chi connectivity index (χ3v) is 5.52. The molecule has 2 aliphatic rings. The van der Waals surface area contributed by atoms with Gasteiger partial charge in [0.15, 0.2) is 11.5 Å². The van der Waals surface area contributed by atoms with Gasteiger partial charge in [-0.25, -0.2) is 15.0 Å². The van der Waals surface area contributed by atoms with Gasteiger partial charge in [0.25, 0.3) is 5.91 Å². The molecule has 5 rings (SSSR count). The Bertz CT molecular complexity index is 1030. The number of aryl methyl sites for hydroxylation is 2. The highest BCUT2D eigenvalue weighted by molar-refractivity contribution is 6.04. The number of carbonyl (C=O) groups excluding carboxylic acids is 1. The van der Waals surface area contributed by atoms with Gasteiger partial charge in [0, 0.05) is 32.8 Å². The van der Waals surface area contributed by atoms with Crippen molar-refractivity contribution in [2.75, 3.05) is 19.8 Å². The number of aromatic nitrogens is 4. The molecule has 140 valence electrons. The van der Waals surface area contributed by atoms with E-state index in [0.717, 1.165) is 41.8 Å². The molecule has 1 unspecified atom stereocenters. The number of fused-ring (bicyclic) bond motifs is 2. The van der Waals surface area contributed by atoms with Crippen molar-refractivity contribution in [3.8, 4) is 0 Å². The van der Waals surface area contributed by atoms with Crippen molar-refractivity contribution >= 4 is 17.1 Å². The van der Waals surface area contributed by atoms with Gasteiger partial charge in [-0.3, -0.25) is 4.79 Å². The first-order chi connectivity index (χ1) is 13.1. The number of hydrogen-bond donors (Lipinski definition) is 0. The Balaban J connectivity index is 1.43. The second-order valence-corrected chi connectivity index (χ2v) is 7.21. The van der Waals surface area contributed by atoms with Gasteiger partial charge in [-0.05, 0) is 19.4 Å². The highest BCUT2D eigenvalue weighted by Gasteiger charge is 2.30. The van der Waals surface area contributed by atoms with Crippen LogP contribution < -0.4 is 0 Å². The Kier molecular flexibility index (Phi) is 3.75. The van der Waals surface area contributed by atoms with Crippen LogP contribution in [0.4, 0.5) is 0 Å². The second kappa shape index (κ2) is 6.16. The van der Waals surface area contributed by atoms with Crippen molar-refractivity contribution in [1.29, 1.82) is 0 Å². The molecule has 8 heteroatoms. The molecule has 5 heterocycles. The van der Waals surface area contributed by atoms with Crippen molar-refractivity contribution in [3.63, 3.8) is 0 Å². The first kappa shape index (κ1) is 16.4. The molecule has 3 aromatic heterocycles. The Morgan fingerprint density at radius 2 is 2.22 bits per heavy atom. The Labute approximate surface area is 156 Å². The van der Waals surface area contributed by atoms with Crippen LogP contribution in [0.3, 0.4) is 0 Å². The third kappa shape index (κ3) is 2.63. The van der Waals surface area contributed by atoms with Gasteiger partial charge in [0.05, 0.1) is 24.6 Å². The van der Waals surface area contributed by atoms with Gasteiger partial charge in [-0.2, -0.15) is 0 Å². The van der Waals surface area contributed by atoms with E-state index < -0.39 is 0 Å². The van der Waals surface area contributed by atoms with Gasteiger partial charge >= 0.3 is 0 Å². The van der Waals surface area contributed by atoms with Crippen LogP contribution in [0.25, 0.3) is 11.2 Å². The fourth-order valence-corrected chi connectivity index (χ4v) is 3.83. The second-order valence-electron chi connectivity index (χ2n) is 7.21. The minimum absolute atomic E-state index is 0.0418. The predicted octanol–water partition coefficient (Wildman–Crippen LogP) is 1.97. The van der Waals surface area contributed by atoms with Crippen LogP contribution in [0.5, 0.6) is 0 Å². The van der Waals surface area contributed by atoms with Crippen LogP contribution >= 0.6 is 0 Å². The molecule has 27 heavy (non-hydrogen) atoms. The topological polar surface area (TPSA) is 86.3 Å². The van der Waals surface area contributed by atoms with Gasteiger partial charge in [-0.1, -0.05) is 0 Å². The van der Waals surface area contributed by atoms with E-state index in [1.807, 2.05) is 23.4 Å². The summed E-state index contributed by atoms with van der Waals surface area (Å²) in [5, 5.41) is 0.